The summed E-state index contributed by atoms with van der Waals surface area (Å²) >= 11 is 6.32. The second-order valence-corrected chi connectivity index (χ2v) is 9.18. The second kappa shape index (κ2) is 8.81. The predicted octanol–water partition coefficient (Wildman–Crippen LogP) is 3.40. The van der Waals surface area contributed by atoms with Crippen molar-refractivity contribution in [3.05, 3.63) is 73.9 Å². The van der Waals surface area contributed by atoms with E-state index in [0.717, 1.165) is 5.69 Å². The van der Waals surface area contributed by atoms with Gasteiger partial charge in [-0.3, -0.25) is 13.9 Å². The molecule has 35 heavy (non-hydrogen) atoms. The van der Waals surface area contributed by atoms with Gasteiger partial charge < -0.3 is 18.9 Å². The molecule has 1 aliphatic rings. The van der Waals surface area contributed by atoms with Crippen molar-refractivity contribution in [2.24, 2.45) is 13.0 Å². The van der Waals surface area contributed by atoms with Gasteiger partial charge in [0.1, 0.15) is 11.5 Å². The number of anilines is 2. The molecule has 4 aromatic rings. The second-order valence-electron chi connectivity index (χ2n) is 8.77. The normalized spacial score (nSPS) is 15.3. The molecule has 0 fully saturated rings. The number of aromatic nitrogens is 4. The maximum Gasteiger partial charge on any atom is 0.332 e. The van der Waals surface area contributed by atoms with Crippen LogP contribution in [-0.4, -0.2) is 39.4 Å². The van der Waals surface area contributed by atoms with E-state index in [1.54, 1.807) is 27.3 Å². The van der Waals surface area contributed by atoms with Crippen molar-refractivity contribution < 1.29 is 9.47 Å². The Labute approximate surface area is 206 Å². The summed E-state index contributed by atoms with van der Waals surface area (Å²) in [4.78, 5) is 33.7. The number of hydrogen-bond donors (Lipinski definition) is 0. The molecule has 0 aliphatic carbocycles. The summed E-state index contributed by atoms with van der Waals surface area (Å²) in [5.74, 6) is 2.10. The minimum Gasteiger partial charge on any atom is -0.497 e. The Balaban J connectivity index is 1.72. The summed E-state index contributed by atoms with van der Waals surface area (Å²) in [6, 6.07) is 12.8. The third-order valence-electron chi connectivity index (χ3n) is 6.41. The van der Waals surface area contributed by atoms with Gasteiger partial charge in [0.15, 0.2) is 11.2 Å². The van der Waals surface area contributed by atoms with Crippen molar-refractivity contribution in [3.8, 4) is 11.5 Å². The standard InChI is InChI=1S/C25H26ClN5O4/c1-15-12-29(19-10-9-17(34-3)11-20(19)35-4)24-27-22-21(30(24)13-15)23(32)31(25(33)28(22)2)14-16-7-5-6-8-18(16)26/h5-11,15H,12-14H2,1-4H3/t15-/m1/s1. The molecule has 2 aromatic carbocycles. The van der Waals surface area contributed by atoms with Gasteiger partial charge in [-0.1, -0.05) is 36.7 Å². The lowest BCUT2D eigenvalue weighted by atomic mass is 10.1. The van der Waals surface area contributed by atoms with E-state index in [2.05, 4.69) is 6.92 Å². The molecule has 0 unspecified atom stereocenters. The third-order valence-corrected chi connectivity index (χ3v) is 6.77. The van der Waals surface area contributed by atoms with Crippen molar-refractivity contribution in [2.75, 3.05) is 25.7 Å². The van der Waals surface area contributed by atoms with E-state index in [0.29, 0.717) is 52.3 Å². The number of methoxy groups -OCH3 is 2. The molecule has 0 saturated carbocycles. The molecule has 2 aromatic heterocycles. The summed E-state index contributed by atoms with van der Waals surface area (Å²) in [7, 11) is 4.84. The molecule has 182 valence electrons. The van der Waals surface area contributed by atoms with Crippen LogP contribution in [0.1, 0.15) is 12.5 Å². The van der Waals surface area contributed by atoms with Gasteiger partial charge in [-0.2, -0.15) is 4.98 Å². The van der Waals surface area contributed by atoms with Gasteiger partial charge in [0.2, 0.25) is 5.95 Å². The molecular formula is C25H26ClN5O4. The van der Waals surface area contributed by atoms with Crippen molar-refractivity contribution >= 4 is 34.4 Å². The van der Waals surface area contributed by atoms with Gasteiger partial charge in [-0.15, -0.1) is 0 Å². The van der Waals surface area contributed by atoms with Crippen LogP contribution in [0.3, 0.4) is 0 Å². The summed E-state index contributed by atoms with van der Waals surface area (Å²) in [6.45, 7) is 3.46. The first-order valence-corrected chi connectivity index (χ1v) is 11.6. The summed E-state index contributed by atoms with van der Waals surface area (Å²) in [5.41, 5.74) is 1.40. The SMILES string of the molecule is COc1ccc(N2C[C@@H](C)Cn3c2nc2c3c(=O)n(Cc3ccccc3Cl)c(=O)n2C)c(OC)c1. The smallest absolute Gasteiger partial charge is 0.332 e. The van der Waals surface area contributed by atoms with E-state index in [9.17, 15) is 9.59 Å². The number of benzene rings is 2. The largest absolute Gasteiger partial charge is 0.497 e. The number of halogens is 1. The molecule has 3 heterocycles. The Morgan fingerprint density at radius 3 is 2.57 bits per heavy atom. The molecule has 1 atom stereocenters. The average molecular weight is 496 g/mol. The van der Waals surface area contributed by atoms with E-state index in [1.807, 2.05) is 45.9 Å². The Morgan fingerprint density at radius 2 is 1.86 bits per heavy atom. The topological polar surface area (TPSA) is 83.5 Å². The van der Waals surface area contributed by atoms with E-state index in [-0.39, 0.29) is 12.5 Å². The molecule has 0 spiro atoms. The number of imidazole rings is 1. The Hall–Kier alpha value is -3.72. The molecule has 0 bridgehead atoms. The number of fused-ring (bicyclic) bond motifs is 3. The van der Waals surface area contributed by atoms with Crippen LogP contribution >= 0.6 is 11.6 Å². The average Bonchev–Trinajstić information content (AvgIpc) is 3.25. The molecule has 0 amide bonds. The van der Waals surface area contributed by atoms with E-state index in [1.165, 1.54) is 9.13 Å². The van der Waals surface area contributed by atoms with Crippen LogP contribution in [0.25, 0.3) is 11.2 Å². The summed E-state index contributed by atoms with van der Waals surface area (Å²) < 4.78 is 15.5. The Kier molecular flexibility index (Phi) is 5.80. The minimum atomic E-state index is -0.445. The fourth-order valence-corrected chi connectivity index (χ4v) is 4.85. The quantitative estimate of drug-likeness (QED) is 0.422. The lowest BCUT2D eigenvalue weighted by Gasteiger charge is -2.33. The van der Waals surface area contributed by atoms with Crippen molar-refractivity contribution in [1.29, 1.82) is 0 Å². The zero-order chi connectivity index (χ0) is 24.9. The fourth-order valence-electron chi connectivity index (χ4n) is 4.65. The van der Waals surface area contributed by atoms with Gasteiger partial charge in [0.25, 0.3) is 5.56 Å². The van der Waals surface area contributed by atoms with Crippen molar-refractivity contribution in [3.63, 3.8) is 0 Å². The van der Waals surface area contributed by atoms with E-state index in [4.69, 9.17) is 26.1 Å². The van der Waals surface area contributed by atoms with Crippen LogP contribution in [-0.2, 0) is 20.1 Å². The van der Waals surface area contributed by atoms with Crippen LogP contribution in [0.5, 0.6) is 11.5 Å². The van der Waals surface area contributed by atoms with Crippen molar-refractivity contribution in [2.45, 2.75) is 20.0 Å². The zero-order valence-electron chi connectivity index (χ0n) is 20.0. The first kappa shape index (κ1) is 23.0. The monoisotopic (exact) mass is 495 g/mol. The van der Waals surface area contributed by atoms with Crippen molar-refractivity contribution in [1.82, 2.24) is 18.7 Å². The molecule has 0 radical (unpaired) electrons. The highest BCUT2D eigenvalue weighted by molar-refractivity contribution is 6.31. The molecule has 0 saturated heterocycles. The van der Waals surface area contributed by atoms with Crippen LogP contribution in [0.15, 0.2) is 52.1 Å². The predicted molar refractivity (Wildman–Crippen MR) is 136 cm³/mol. The van der Waals surface area contributed by atoms with Crippen LogP contribution < -0.4 is 25.6 Å². The Morgan fingerprint density at radius 1 is 1.09 bits per heavy atom. The molecule has 9 nitrogen and oxygen atoms in total. The summed E-state index contributed by atoms with van der Waals surface area (Å²) in [5, 5.41) is 0.503. The van der Waals surface area contributed by atoms with E-state index >= 15 is 0 Å². The Bertz CT molecular complexity index is 1550. The molecule has 0 N–H and O–H groups in total. The van der Waals surface area contributed by atoms with Gasteiger partial charge in [0, 0.05) is 31.2 Å². The fraction of sp³-hybridized carbons (Fsp3) is 0.320. The third kappa shape index (κ3) is 3.76. The number of nitrogens with zero attached hydrogens (tertiary/aromatic N) is 5. The highest BCUT2D eigenvalue weighted by Gasteiger charge is 2.31. The molecular weight excluding hydrogens is 470 g/mol. The van der Waals surface area contributed by atoms with E-state index < -0.39 is 11.2 Å². The van der Waals surface area contributed by atoms with Gasteiger partial charge in [0.05, 0.1) is 26.5 Å². The number of rotatable bonds is 5. The lowest BCUT2D eigenvalue weighted by molar-refractivity contribution is 0.392. The van der Waals surface area contributed by atoms with Crippen LogP contribution in [0.2, 0.25) is 5.02 Å². The summed E-state index contributed by atoms with van der Waals surface area (Å²) in [6.07, 6.45) is 0. The highest BCUT2D eigenvalue weighted by atomic mass is 35.5. The van der Waals surface area contributed by atoms with Gasteiger partial charge in [-0.05, 0) is 29.7 Å². The number of ether oxygens (including phenoxy) is 2. The molecule has 1 aliphatic heterocycles. The number of hydrogen-bond acceptors (Lipinski definition) is 6. The zero-order valence-corrected chi connectivity index (χ0v) is 20.7. The molecule has 5 rings (SSSR count). The van der Waals surface area contributed by atoms with Crippen LogP contribution in [0, 0.1) is 5.92 Å². The van der Waals surface area contributed by atoms with Crippen LogP contribution in [0.4, 0.5) is 11.6 Å². The van der Waals surface area contributed by atoms with Gasteiger partial charge >= 0.3 is 5.69 Å². The first-order valence-electron chi connectivity index (χ1n) is 11.3. The lowest BCUT2D eigenvalue weighted by Crippen LogP contribution is -2.40. The maximum absolute atomic E-state index is 13.7. The number of aryl methyl sites for hydroxylation is 1. The highest BCUT2D eigenvalue weighted by Crippen LogP contribution is 2.39. The minimum absolute atomic E-state index is 0.0766. The maximum atomic E-state index is 13.7. The first-order chi connectivity index (χ1) is 16.8. The molecule has 10 heteroatoms. The van der Waals surface area contributed by atoms with Gasteiger partial charge in [-0.25, -0.2) is 4.79 Å².